The first-order chi connectivity index (χ1) is 11.9. The predicted molar refractivity (Wildman–Crippen MR) is 89.8 cm³/mol. The Bertz CT molecular complexity index is 980. The zero-order chi connectivity index (χ0) is 18.1. The normalized spacial score (nSPS) is 10.7. The highest BCUT2D eigenvalue weighted by molar-refractivity contribution is 7.15. The molecule has 0 bridgehead atoms. The minimum atomic E-state index is -0.719. The molecule has 1 aromatic carbocycles. The van der Waals surface area contributed by atoms with E-state index in [0.717, 1.165) is 11.8 Å². The van der Waals surface area contributed by atoms with Crippen molar-refractivity contribution in [2.75, 3.05) is 19.5 Å². The van der Waals surface area contributed by atoms with Crippen LogP contribution in [0.2, 0.25) is 0 Å². The van der Waals surface area contributed by atoms with Gasteiger partial charge < -0.3 is 9.47 Å². The molecule has 0 saturated carbocycles. The minimum absolute atomic E-state index is 0.0593. The van der Waals surface area contributed by atoms with Gasteiger partial charge in [0.25, 0.3) is 17.5 Å². The van der Waals surface area contributed by atoms with Crippen molar-refractivity contribution in [1.82, 2.24) is 14.6 Å². The molecule has 0 saturated heterocycles. The van der Waals surface area contributed by atoms with E-state index in [9.17, 15) is 14.9 Å². The van der Waals surface area contributed by atoms with E-state index < -0.39 is 16.5 Å². The fraction of sp³-hybridized carbons (Fsp3) is 0.214. The van der Waals surface area contributed by atoms with Gasteiger partial charge in [-0.2, -0.15) is 4.98 Å². The Balaban J connectivity index is 1.98. The second-order valence-electron chi connectivity index (χ2n) is 4.94. The van der Waals surface area contributed by atoms with E-state index in [-0.39, 0.29) is 23.0 Å². The number of methoxy groups -OCH3 is 2. The van der Waals surface area contributed by atoms with Crippen molar-refractivity contribution in [2.45, 2.75) is 6.92 Å². The van der Waals surface area contributed by atoms with Crippen LogP contribution in [0.5, 0.6) is 11.5 Å². The second kappa shape index (κ2) is 6.36. The van der Waals surface area contributed by atoms with E-state index in [4.69, 9.17) is 9.47 Å². The Labute approximate surface area is 145 Å². The van der Waals surface area contributed by atoms with Gasteiger partial charge in [-0.15, -0.1) is 16.4 Å². The molecule has 0 aliphatic rings. The maximum atomic E-state index is 12.5. The Morgan fingerprint density at radius 2 is 2.00 bits per heavy atom. The van der Waals surface area contributed by atoms with E-state index in [2.05, 4.69) is 15.4 Å². The molecule has 0 aliphatic heterocycles. The summed E-state index contributed by atoms with van der Waals surface area (Å²) in [5.74, 6) is -0.303. The van der Waals surface area contributed by atoms with Gasteiger partial charge in [0, 0.05) is 11.4 Å². The van der Waals surface area contributed by atoms with E-state index in [1.165, 1.54) is 31.6 Å². The number of benzene rings is 1. The van der Waals surface area contributed by atoms with Gasteiger partial charge in [-0.25, -0.2) is 4.52 Å². The zero-order valence-corrected chi connectivity index (χ0v) is 14.3. The number of carbonyl (C=O) groups is 1. The minimum Gasteiger partial charge on any atom is -0.493 e. The number of aromatic nitrogens is 3. The molecule has 11 heteroatoms. The zero-order valence-electron chi connectivity index (χ0n) is 13.5. The highest BCUT2D eigenvalue weighted by Gasteiger charge is 2.25. The Hall–Kier alpha value is -3.21. The summed E-state index contributed by atoms with van der Waals surface area (Å²) in [6, 6.07) is 2.38. The molecular weight excluding hydrogens is 350 g/mol. The van der Waals surface area contributed by atoms with Crippen molar-refractivity contribution in [3.63, 3.8) is 0 Å². The van der Waals surface area contributed by atoms with Crippen LogP contribution in [0.25, 0.3) is 4.96 Å². The van der Waals surface area contributed by atoms with Gasteiger partial charge >= 0.3 is 0 Å². The third-order valence-electron chi connectivity index (χ3n) is 3.41. The van der Waals surface area contributed by atoms with E-state index >= 15 is 0 Å². The summed E-state index contributed by atoms with van der Waals surface area (Å²) < 4.78 is 11.7. The lowest BCUT2D eigenvalue weighted by atomic mass is 10.1. The Morgan fingerprint density at radius 1 is 1.32 bits per heavy atom. The van der Waals surface area contributed by atoms with Crippen LogP contribution in [-0.2, 0) is 0 Å². The summed E-state index contributed by atoms with van der Waals surface area (Å²) in [7, 11) is 2.73. The number of ether oxygens (including phenoxy) is 2. The summed E-state index contributed by atoms with van der Waals surface area (Å²) in [5, 5.41) is 19.8. The predicted octanol–water partition coefficient (Wildman–Crippen LogP) is 2.28. The van der Waals surface area contributed by atoms with Crippen molar-refractivity contribution in [2.24, 2.45) is 0 Å². The van der Waals surface area contributed by atoms with Crippen molar-refractivity contribution in [3.05, 3.63) is 38.9 Å². The standard InChI is InChI=1S/C14H13N5O5S/c1-7-6-25-14-16-13(17-18(7)14)15-12(20)8-4-10(23-2)11(24-3)5-9(8)19(21)22/h4-6H,1-3H3,(H,15,17,20). The lowest BCUT2D eigenvalue weighted by molar-refractivity contribution is -0.385. The molecule has 1 N–H and O–H groups in total. The Kier molecular flexibility index (Phi) is 4.23. The summed E-state index contributed by atoms with van der Waals surface area (Å²) in [6.45, 7) is 1.85. The van der Waals surface area contributed by atoms with Crippen molar-refractivity contribution in [3.8, 4) is 11.5 Å². The largest absolute Gasteiger partial charge is 0.493 e. The van der Waals surface area contributed by atoms with Crippen molar-refractivity contribution < 1.29 is 19.2 Å². The number of hydrogen-bond acceptors (Lipinski definition) is 8. The van der Waals surface area contributed by atoms with Crippen molar-refractivity contribution >= 4 is 33.8 Å². The van der Waals surface area contributed by atoms with Crippen LogP contribution in [0.1, 0.15) is 16.1 Å². The molecule has 0 fully saturated rings. The molecule has 25 heavy (non-hydrogen) atoms. The van der Waals surface area contributed by atoms with Crippen molar-refractivity contribution in [1.29, 1.82) is 0 Å². The second-order valence-corrected chi connectivity index (χ2v) is 5.78. The van der Waals surface area contributed by atoms with Gasteiger partial charge in [0.1, 0.15) is 5.56 Å². The molecule has 3 aromatic rings. The molecule has 10 nitrogen and oxygen atoms in total. The van der Waals surface area contributed by atoms with E-state index in [1.807, 2.05) is 12.3 Å². The number of nitrogens with one attached hydrogen (secondary N) is 1. The maximum Gasteiger partial charge on any atom is 0.286 e. The quantitative estimate of drug-likeness (QED) is 0.545. The molecule has 1 amide bonds. The SMILES string of the molecule is COc1cc(C(=O)Nc2nc3scc(C)n3n2)c([N+](=O)[O-])cc1OC. The number of nitro benzene ring substituents is 1. The molecule has 2 aromatic heterocycles. The summed E-state index contributed by atoms with van der Waals surface area (Å²) in [5.41, 5.74) is 0.273. The maximum absolute atomic E-state index is 12.5. The first-order valence-corrected chi connectivity index (χ1v) is 7.85. The first-order valence-electron chi connectivity index (χ1n) is 6.97. The average molecular weight is 363 g/mol. The number of carbonyl (C=O) groups excluding carboxylic acids is 1. The van der Waals surface area contributed by atoms with Gasteiger partial charge in [0.2, 0.25) is 4.96 Å². The molecule has 0 atom stereocenters. The monoisotopic (exact) mass is 363 g/mol. The molecular formula is C14H13N5O5S. The number of anilines is 1. The van der Waals surface area contributed by atoms with Crippen LogP contribution >= 0.6 is 11.3 Å². The van der Waals surface area contributed by atoms with Crippen LogP contribution in [-0.4, -0.2) is 39.6 Å². The molecule has 0 spiro atoms. The van der Waals surface area contributed by atoms with E-state index in [1.54, 1.807) is 4.52 Å². The summed E-state index contributed by atoms with van der Waals surface area (Å²) in [6.07, 6.45) is 0. The van der Waals surface area contributed by atoms with E-state index in [0.29, 0.717) is 4.96 Å². The van der Waals surface area contributed by atoms with Gasteiger partial charge in [0.15, 0.2) is 11.5 Å². The van der Waals surface area contributed by atoms with Crippen LogP contribution < -0.4 is 14.8 Å². The lowest BCUT2D eigenvalue weighted by Gasteiger charge is -2.10. The lowest BCUT2D eigenvalue weighted by Crippen LogP contribution is -2.15. The number of thiazole rings is 1. The van der Waals surface area contributed by atoms with Gasteiger partial charge in [-0.05, 0) is 6.92 Å². The van der Waals surface area contributed by atoms with Crippen LogP contribution in [0.15, 0.2) is 17.5 Å². The Morgan fingerprint density at radius 3 is 2.60 bits per heavy atom. The smallest absolute Gasteiger partial charge is 0.286 e. The third-order valence-corrected chi connectivity index (χ3v) is 4.35. The molecule has 2 heterocycles. The number of hydrogen-bond donors (Lipinski definition) is 1. The number of amides is 1. The fourth-order valence-electron chi connectivity index (χ4n) is 2.21. The van der Waals surface area contributed by atoms with Crippen LogP contribution in [0.3, 0.4) is 0 Å². The van der Waals surface area contributed by atoms with Gasteiger partial charge in [-0.1, -0.05) is 0 Å². The average Bonchev–Trinajstić information content (AvgIpc) is 3.14. The molecule has 0 unspecified atom stereocenters. The van der Waals surface area contributed by atoms with Gasteiger partial charge in [-0.3, -0.25) is 20.2 Å². The molecule has 130 valence electrons. The number of nitrogens with zero attached hydrogens (tertiary/aromatic N) is 4. The number of rotatable bonds is 5. The number of nitro groups is 1. The highest BCUT2D eigenvalue weighted by atomic mass is 32.1. The van der Waals surface area contributed by atoms with Gasteiger partial charge in [0.05, 0.1) is 30.9 Å². The molecule has 0 aliphatic carbocycles. The fourth-order valence-corrected chi connectivity index (χ4v) is 3.01. The first kappa shape index (κ1) is 16.6. The highest BCUT2D eigenvalue weighted by Crippen LogP contribution is 2.34. The number of aryl methyl sites for hydroxylation is 1. The molecule has 0 radical (unpaired) electrons. The number of fused-ring (bicyclic) bond motifs is 1. The van der Waals surface area contributed by atoms with Crippen LogP contribution in [0, 0.1) is 17.0 Å². The summed E-state index contributed by atoms with van der Waals surface area (Å²) >= 11 is 1.37. The van der Waals surface area contributed by atoms with Crippen LogP contribution in [0.4, 0.5) is 11.6 Å². The molecule has 3 rings (SSSR count). The summed E-state index contributed by atoms with van der Waals surface area (Å²) in [4.78, 5) is 27.9. The topological polar surface area (TPSA) is 121 Å². The third kappa shape index (κ3) is 2.96.